The molecule has 0 aromatic heterocycles. The second-order valence-corrected chi connectivity index (χ2v) is 9.36. The number of hydroxylamine groups is 1. The van der Waals surface area contributed by atoms with Gasteiger partial charge in [0.1, 0.15) is 18.3 Å². The number of carbonyl (C=O) groups excluding carboxylic acids is 3. The molecule has 1 saturated carbocycles. The van der Waals surface area contributed by atoms with Gasteiger partial charge in [-0.1, -0.05) is 52.5 Å². The first-order chi connectivity index (χ1) is 15.1. The van der Waals surface area contributed by atoms with Gasteiger partial charge in [-0.3, -0.25) is 14.8 Å². The summed E-state index contributed by atoms with van der Waals surface area (Å²) in [5.74, 6) is 0.0948. The number of nitrogens with one attached hydrogen (secondary N) is 3. The van der Waals surface area contributed by atoms with Crippen molar-refractivity contribution in [2.75, 3.05) is 25.5 Å². The number of anilines is 1. The van der Waals surface area contributed by atoms with Crippen molar-refractivity contribution in [2.45, 2.75) is 58.9 Å². The quantitative estimate of drug-likeness (QED) is 0.342. The van der Waals surface area contributed by atoms with Gasteiger partial charge in [-0.15, -0.1) is 0 Å². The molecule has 0 bridgehead atoms. The molecule has 0 saturated heterocycles. The Kier molecular flexibility index (Phi) is 9.31. The van der Waals surface area contributed by atoms with E-state index in [0.717, 1.165) is 19.3 Å². The van der Waals surface area contributed by atoms with Gasteiger partial charge in [-0.05, 0) is 29.9 Å². The molecule has 0 heterocycles. The summed E-state index contributed by atoms with van der Waals surface area (Å²) in [4.78, 5) is 39.4. The summed E-state index contributed by atoms with van der Waals surface area (Å²) in [7, 11) is 1.54. The highest BCUT2D eigenvalue weighted by atomic mass is 16.5. The first-order valence-electron chi connectivity index (χ1n) is 11.1. The summed E-state index contributed by atoms with van der Waals surface area (Å²) in [5, 5.41) is 14.5. The van der Waals surface area contributed by atoms with Crippen molar-refractivity contribution in [1.82, 2.24) is 15.7 Å². The minimum absolute atomic E-state index is 0.270. The number of rotatable bonds is 9. The Balaban J connectivity index is 2.12. The molecule has 2 rings (SSSR count). The zero-order valence-corrected chi connectivity index (χ0v) is 19.4. The van der Waals surface area contributed by atoms with Crippen LogP contribution < -0.4 is 20.9 Å². The normalized spacial score (nSPS) is 15.0. The lowest BCUT2D eigenvalue weighted by Crippen LogP contribution is -2.57. The van der Waals surface area contributed by atoms with E-state index < -0.39 is 23.4 Å². The zero-order chi connectivity index (χ0) is 23.7. The SMILES string of the molecule is COc1cccc(NC(=O)NC(C(=O)N(CCC2CCCC2)CC(=O)NO)C(C)(C)C)c1. The van der Waals surface area contributed by atoms with Gasteiger partial charge in [0.2, 0.25) is 5.91 Å². The molecule has 1 aromatic rings. The maximum atomic E-state index is 13.4. The van der Waals surface area contributed by atoms with E-state index in [0.29, 0.717) is 23.9 Å². The summed E-state index contributed by atoms with van der Waals surface area (Å²) in [5.41, 5.74) is 1.52. The van der Waals surface area contributed by atoms with Crippen LogP contribution in [-0.4, -0.2) is 54.2 Å². The lowest BCUT2D eigenvalue weighted by Gasteiger charge is -2.35. The third-order valence-corrected chi connectivity index (χ3v) is 5.77. The van der Waals surface area contributed by atoms with E-state index in [1.807, 2.05) is 20.8 Å². The Labute approximate surface area is 189 Å². The number of benzene rings is 1. The van der Waals surface area contributed by atoms with Crippen LogP contribution in [0.1, 0.15) is 52.9 Å². The van der Waals surface area contributed by atoms with Crippen molar-refractivity contribution in [3.8, 4) is 5.75 Å². The summed E-state index contributed by atoms with van der Waals surface area (Å²) in [6, 6.07) is 5.50. The molecular weight excluding hydrogens is 412 g/mol. The molecule has 1 aliphatic carbocycles. The van der Waals surface area contributed by atoms with Crippen LogP contribution in [0.4, 0.5) is 10.5 Å². The summed E-state index contributed by atoms with van der Waals surface area (Å²) in [6.45, 7) is 5.67. The molecule has 0 aliphatic heterocycles. The van der Waals surface area contributed by atoms with Crippen LogP contribution >= 0.6 is 0 Å². The monoisotopic (exact) mass is 448 g/mol. The average Bonchev–Trinajstić information content (AvgIpc) is 3.27. The van der Waals surface area contributed by atoms with E-state index in [2.05, 4.69) is 10.6 Å². The lowest BCUT2D eigenvalue weighted by atomic mass is 9.85. The first kappa shape index (κ1) is 25.5. The molecule has 1 atom stereocenters. The molecule has 1 fully saturated rings. The van der Waals surface area contributed by atoms with Crippen LogP contribution in [0.25, 0.3) is 0 Å². The Morgan fingerprint density at radius 1 is 1.22 bits per heavy atom. The number of urea groups is 1. The van der Waals surface area contributed by atoms with Gasteiger partial charge in [0.15, 0.2) is 0 Å². The molecule has 1 aromatic carbocycles. The number of hydrogen-bond donors (Lipinski definition) is 4. The van der Waals surface area contributed by atoms with Gasteiger partial charge >= 0.3 is 6.03 Å². The van der Waals surface area contributed by atoms with E-state index >= 15 is 0 Å². The number of nitrogens with zero attached hydrogens (tertiary/aromatic N) is 1. The smallest absolute Gasteiger partial charge is 0.319 e. The molecule has 4 amide bonds. The molecule has 9 heteroatoms. The second-order valence-electron chi connectivity index (χ2n) is 9.36. The molecule has 4 N–H and O–H groups in total. The van der Waals surface area contributed by atoms with Gasteiger partial charge in [-0.2, -0.15) is 0 Å². The number of carbonyl (C=O) groups is 3. The van der Waals surface area contributed by atoms with Gasteiger partial charge in [0.05, 0.1) is 7.11 Å². The van der Waals surface area contributed by atoms with E-state index in [4.69, 9.17) is 9.94 Å². The number of amides is 4. The lowest BCUT2D eigenvalue weighted by molar-refractivity contribution is -0.142. The van der Waals surface area contributed by atoms with Crippen LogP contribution in [0, 0.1) is 11.3 Å². The third-order valence-electron chi connectivity index (χ3n) is 5.77. The standard InChI is InChI=1S/C23H36N4O5/c1-23(2,3)20(25-22(30)24-17-10-7-11-18(14-17)32-4)21(29)27(15-19(28)26-31)13-12-16-8-5-6-9-16/h7,10-11,14,16,20,31H,5-6,8-9,12-13,15H2,1-4H3,(H,26,28)(H2,24,25,30). The first-order valence-corrected chi connectivity index (χ1v) is 11.1. The summed E-state index contributed by atoms with van der Waals surface area (Å²) >= 11 is 0. The van der Waals surface area contributed by atoms with Gasteiger partial charge in [-0.25, -0.2) is 10.3 Å². The van der Waals surface area contributed by atoms with Crippen molar-refractivity contribution in [1.29, 1.82) is 0 Å². The molecule has 32 heavy (non-hydrogen) atoms. The van der Waals surface area contributed by atoms with Gasteiger partial charge in [0, 0.05) is 18.3 Å². The molecule has 0 radical (unpaired) electrons. The fraction of sp³-hybridized carbons (Fsp3) is 0.609. The highest BCUT2D eigenvalue weighted by Gasteiger charge is 2.36. The van der Waals surface area contributed by atoms with Gasteiger partial charge in [0.25, 0.3) is 5.91 Å². The number of methoxy groups -OCH3 is 1. The maximum Gasteiger partial charge on any atom is 0.319 e. The molecule has 178 valence electrons. The van der Waals surface area contributed by atoms with Crippen molar-refractivity contribution in [2.24, 2.45) is 11.3 Å². The Bertz CT molecular complexity index is 787. The molecule has 1 unspecified atom stereocenters. The van der Waals surface area contributed by atoms with E-state index in [-0.39, 0.29) is 12.5 Å². The third kappa shape index (κ3) is 7.71. The highest BCUT2D eigenvalue weighted by Crippen LogP contribution is 2.28. The average molecular weight is 449 g/mol. The van der Waals surface area contributed by atoms with E-state index in [9.17, 15) is 14.4 Å². The largest absolute Gasteiger partial charge is 0.497 e. The van der Waals surface area contributed by atoms with Crippen LogP contribution in [0.15, 0.2) is 24.3 Å². The Hall–Kier alpha value is -2.81. The molecular formula is C23H36N4O5. The number of hydrogen-bond acceptors (Lipinski definition) is 5. The fourth-order valence-corrected chi connectivity index (χ4v) is 3.94. The highest BCUT2D eigenvalue weighted by molar-refractivity contribution is 5.95. The minimum atomic E-state index is -0.872. The van der Waals surface area contributed by atoms with Crippen molar-refractivity contribution >= 4 is 23.5 Å². The molecule has 9 nitrogen and oxygen atoms in total. The zero-order valence-electron chi connectivity index (χ0n) is 19.4. The maximum absolute atomic E-state index is 13.4. The fourth-order valence-electron chi connectivity index (χ4n) is 3.94. The van der Waals surface area contributed by atoms with Crippen LogP contribution in [0.3, 0.4) is 0 Å². The molecule has 1 aliphatic rings. The predicted molar refractivity (Wildman–Crippen MR) is 121 cm³/mol. The van der Waals surface area contributed by atoms with Crippen molar-refractivity contribution in [3.05, 3.63) is 24.3 Å². The van der Waals surface area contributed by atoms with E-state index in [1.54, 1.807) is 29.7 Å². The second kappa shape index (κ2) is 11.7. The van der Waals surface area contributed by atoms with Crippen molar-refractivity contribution in [3.63, 3.8) is 0 Å². The minimum Gasteiger partial charge on any atom is -0.497 e. The summed E-state index contributed by atoms with van der Waals surface area (Å²) in [6.07, 6.45) is 5.41. The molecule has 0 spiro atoms. The Morgan fingerprint density at radius 3 is 2.50 bits per heavy atom. The number of ether oxygens (including phenoxy) is 1. The van der Waals surface area contributed by atoms with Crippen LogP contribution in [-0.2, 0) is 9.59 Å². The predicted octanol–water partition coefficient (Wildman–Crippen LogP) is 3.15. The summed E-state index contributed by atoms with van der Waals surface area (Å²) < 4.78 is 5.17. The Morgan fingerprint density at radius 2 is 1.91 bits per heavy atom. The van der Waals surface area contributed by atoms with Crippen LogP contribution in [0.5, 0.6) is 5.75 Å². The van der Waals surface area contributed by atoms with Gasteiger partial charge < -0.3 is 20.3 Å². The van der Waals surface area contributed by atoms with Crippen molar-refractivity contribution < 1.29 is 24.3 Å². The topological polar surface area (TPSA) is 120 Å². The van der Waals surface area contributed by atoms with E-state index in [1.165, 1.54) is 24.9 Å². The van der Waals surface area contributed by atoms with Crippen LogP contribution in [0.2, 0.25) is 0 Å².